The van der Waals surface area contributed by atoms with E-state index in [1.165, 1.54) is 11.8 Å². The Morgan fingerprint density at radius 3 is 2.86 bits per heavy atom. The summed E-state index contributed by atoms with van der Waals surface area (Å²) in [5.74, 6) is 3.63. The summed E-state index contributed by atoms with van der Waals surface area (Å²) in [6.45, 7) is 2.16. The molecule has 0 radical (unpaired) electrons. The van der Waals surface area contributed by atoms with Gasteiger partial charge in [0, 0.05) is 10.0 Å². The second-order valence-corrected chi connectivity index (χ2v) is 8.07. The average Bonchev–Trinajstić information content (AvgIpc) is 3.00. The van der Waals surface area contributed by atoms with Crippen molar-refractivity contribution >= 4 is 45.4 Å². The number of hydrogen-bond acceptors (Lipinski definition) is 5. The number of thioether (sulfide) groups is 1. The number of terminal acetylenes is 1. The van der Waals surface area contributed by atoms with Crippen LogP contribution in [0.25, 0.3) is 6.08 Å². The summed E-state index contributed by atoms with van der Waals surface area (Å²) in [6, 6.07) is 11.4. The van der Waals surface area contributed by atoms with Gasteiger partial charge in [-0.3, -0.25) is 4.79 Å². The number of amides is 1. The summed E-state index contributed by atoms with van der Waals surface area (Å²) < 4.78 is 11.9. The number of hydrogen-bond donors (Lipinski definition) is 2. The molecule has 2 aromatic rings. The molecular weight excluding hydrogens is 440 g/mol. The van der Waals surface area contributed by atoms with Crippen LogP contribution in [0.15, 0.2) is 45.8 Å². The van der Waals surface area contributed by atoms with E-state index < -0.39 is 0 Å². The SMILES string of the molecule is C#CCOc1ccc(Br)cc1/C=C1\SC(Nc2cc(C)ccc2OC)NC1=O. The smallest absolute Gasteiger partial charge is 0.260 e. The van der Waals surface area contributed by atoms with Crippen LogP contribution in [0.4, 0.5) is 5.69 Å². The van der Waals surface area contributed by atoms with Gasteiger partial charge in [0.25, 0.3) is 5.91 Å². The first kappa shape index (κ1) is 20.2. The van der Waals surface area contributed by atoms with Crippen molar-refractivity contribution in [2.24, 2.45) is 0 Å². The third kappa shape index (κ3) is 4.83. The van der Waals surface area contributed by atoms with Crippen molar-refractivity contribution in [2.75, 3.05) is 19.0 Å². The van der Waals surface area contributed by atoms with E-state index >= 15 is 0 Å². The Morgan fingerprint density at radius 2 is 2.11 bits per heavy atom. The number of ether oxygens (including phenoxy) is 2. The molecule has 1 amide bonds. The summed E-state index contributed by atoms with van der Waals surface area (Å²) in [6.07, 6.45) is 7.08. The number of anilines is 1. The highest BCUT2D eigenvalue weighted by atomic mass is 79.9. The largest absolute Gasteiger partial charge is 0.495 e. The first-order valence-electron chi connectivity index (χ1n) is 8.46. The van der Waals surface area contributed by atoms with Gasteiger partial charge in [-0.05, 0) is 48.9 Å². The fourth-order valence-corrected chi connectivity index (χ4v) is 4.01. The molecule has 28 heavy (non-hydrogen) atoms. The van der Waals surface area contributed by atoms with E-state index in [0.717, 1.165) is 27.0 Å². The van der Waals surface area contributed by atoms with Crippen molar-refractivity contribution < 1.29 is 14.3 Å². The topological polar surface area (TPSA) is 59.6 Å². The lowest BCUT2D eigenvalue weighted by Crippen LogP contribution is -2.31. The Kier molecular flexibility index (Phi) is 6.55. The van der Waals surface area contributed by atoms with Crippen molar-refractivity contribution in [3.05, 3.63) is 56.9 Å². The van der Waals surface area contributed by atoms with Crippen molar-refractivity contribution in [3.63, 3.8) is 0 Å². The summed E-state index contributed by atoms with van der Waals surface area (Å²) in [5, 5.41) is 6.23. The Hall–Kier alpha value is -2.56. The van der Waals surface area contributed by atoms with Crippen molar-refractivity contribution in [1.82, 2.24) is 5.32 Å². The molecule has 1 fully saturated rings. The minimum atomic E-state index is -0.309. The van der Waals surface area contributed by atoms with Crippen molar-refractivity contribution in [3.8, 4) is 23.8 Å². The molecule has 7 heteroatoms. The number of methoxy groups -OCH3 is 1. The second-order valence-electron chi connectivity index (χ2n) is 6.00. The van der Waals surface area contributed by atoms with Crippen LogP contribution in [0.3, 0.4) is 0 Å². The standard InChI is InChI=1S/C21H19BrN2O3S/c1-4-9-27-17-8-6-15(22)11-14(17)12-19-20(25)24-21(28-19)23-16-10-13(2)5-7-18(16)26-3/h1,5-8,10-12,21,23H,9H2,2-3H3,(H,24,25)/b19-12-. The van der Waals surface area contributed by atoms with Gasteiger partial charge < -0.3 is 20.1 Å². The van der Waals surface area contributed by atoms with E-state index in [1.807, 2.05) is 43.3 Å². The number of benzene rings is 2. The molecule has 0 aromatic heterocycles. The quantitative estimate of drug-likeness (QED) is 0.496. The molecule has 1 saturated heterocycles. The zero-order valence-corrected chi connectivity index (χ0v) is 17.8. The molecule has 1 unspecified atom stereocenters. The minimum Gasteiger partial charge on any atom is -0.495 e. The predicted molar refractivity (Wildman–Crippen MR) is 117 cm³/mol. The first-order chi connectivity index (χ1) is 13.5. The fourth-order valence-electron chi connectivity index (χ4n) is 2.67. The Balaban J connectivity index is 1.81. The lowest BCUT2D eigenvalue weighted by atomic mass is 10.2. The molecule has 0 saturated carbocycles. The van der Waals surface area contributed by atoms with Gasteiger partial charge in [0.15, 0.2) is 5.50 Å². The monoisotopic (exact) mass is 458 g/mol. The number of halogens is 1. The molecule has 1 aliphatic heterocycles. The first-order valence-corrected chi connectivity index (χ1v) is 10.1. The van der Waals surface area contributed by atoms with Gasteiger partial charge in [0.2, 0.25) is 0 Å². The second kappa shape index (κ2) is 9.09. The molecule has 2 N–H and O–H groups in total. The zero-order chi connectivity index (χ0) is 20.1. The Morgan fingerprint density at radius 1 is 1.32 bits per heavy atom. The van der Waals surface area contributed by atoms with Crippen LogP contribution in [0.1, 0.15) is 11.1 Å². The number of rotatable bonds is 6. The molecule has 1 aliphatic rings. The molecule has 0 spiro atoms. The van der Waals surface area contributed by atoms with Gasteiger partial charge in [-0.2, -0.15) is 0 Å². The van der Waals surface area contributed by atoms with Crippen molar-refractivity contribution in [1.29, 1.82) is 0 Å². The van der Waals surface area contributed by atoms with E-state index in [4.69, 9.17) is 15.9 Å². The third-order valence-corrected chi connectivity index (χ3v) is 5.46. The highest BCUT2D eigenvalue weighted by Gasteiger charge is 2.28. The van der Waals surface area contributed by atoms with Crippen LogP contribution in [0.5, 0.6) is 11.5 Å². The Labute approximate surface area is 177 Å². The number of nitrogens with one attached hydrogen (secondary N) is 2. The van der Waals surface area contributed by atoms with Gasteiger partial charge in [-0.25, -0.2) is 0 Å². The zero-order valence-electron chi connectivity index (χ0n) is 15.4. The molecule has 2 aromatic carbocycles. The van der Waals surface area contributed by atoms with Gasteiger partial charge >= 0.3 is 0 Å². The maximum absolute atomic E-state index is 12.5. The number of aryl methyl sites for hydroxylation is 1. The molecule has 1 heterocycles. The van der Waals surface area contributed by atoms with E-state index in [0.29, 0.717) is 10.7 Å². The van der Waals surface area contributed by atoms with Crippen LogP contribution >= 0.6 is 27.7 Å². The van der Waals surface area contributed by atoms with Gasteiger partial charge in [0.1, 0.15) is 18.1 Å². The normalized spacial score (nSPS) is 17.1. The molecule has 1 atom stereocenters. The lowest BCUT2D eigenvalue weighted by Gasteiger charge is -2.16. The minimum absolute atomic E-state index is 0.156. The van der Waals surface area contributed by atoms with Crippen LogP contribution in [0, 0.1) is 19.3 Å². The van der Waals surface area contributed by atoms with E-state index in [1.54, 1.807) is 13.2 Å². The highest BCUT2D eigenvalue weighted by Crippen LogP contribution is 2.35. The molecule has 144 valence electrons. The van der Waals surface area contributed by atoms with Crippen LogP contribution in [-0.2, 0) is 4.79 Å². The molecule has 3 rings (SSSR count). The predicted octanol–water partition coefficient (Wildman–Crippen LogP) is 4.38. The summed E-state index contributed by atoms with van der Waals surface area (Å²) >= 11 is 4.84. The third-order valence-electron chi connectivity index (χ3n) is 3.94. The number of carbonyl (C=O) groups is 1. The molecular formula is C21H19BrN2O3S. The van der Waals surface area contributed by atoms with Gasteiger partial charge in [-0.1, -0.05) is 39.7 Å². The van der Waals surface area contributed by atoms with E-state index in [-0.39, 0.29) is 18.0 Å². The highest BCUT2D eigenvalue weighted by molar-refractivity contribution is 9.10. The maximum Gasteiger partial charge on any atom is 0.260 e. The fraction of sp³-hybridized carbons (Fsp3) is 0.190. The molecule has 5 nitrogen and oxygen atoms in total. The Bertz CT molecular complexity index is 969. The summed E-state index contributed by atoms with van der Waals surface area (Å²) in [4.78, 5) is 13.0. The lowest BCUT2D eigenvalue weighted by molar-refractivity contribution is -0.116. The van der Waals surface area contributed by atoms with Crippen molar-refractivity contribution in [2.45, 2.75) is 12.4 Å². The maximum atomic E-state index is 12.5. The van der Waals surface area contributed by atoms with E-state index in [2.05, 4.69) is 32.5 Å². The molecule has 0 aliphatic carbocycles. The summed E-state index contributed by atoms with van der Waals surface area (Å²) in [5.41, 5.74) is 2.38. The average molecular weight is 459 g/mol. The summed E-state index contributed by atoms with van der Waals surface area (Å²) in [7, 11) is 1.62. The van der Waals surface area contributed by atoms with Crippen LogP contribution in [0.2, 0.25) is 0 Å². The number of carbonyl (C=O) groups excluding carboxylic acids is 1. The van der Waals surface area contributed by atoms with Crippen LogP contribution in [-0.4, -0.2) is 25.1 Å². The molecule has 0 bridgehead atoms. The van der Waals surface area contributed by atoms with Gasteiger partial charge in [-0.15, -0.1) is 6.42 Å². The van der Waals surface area contributed by atoms with E-state index in [9.17, 15) is 4.79 Å². The van der Waals surface area contributed by atoms with Crippen LogP contribution < -0.4 is 20.1 Å². The van der Waals surface area contributed by atoms with Gasteiger partial charge in [0.05, 0.1) is 17.7 Å².